The second-order valence-electron chi connectivity index (χ2n) is 9.01. The first-order valence-corrected chi connectivity index (χ1v) is 13.0. The molecule has 6 nitrogen and oxygen atoms in total. The van der Waals surface area contributed by atoms with Gasteiger partial charge in [-0.3, -0.25) is 9.52 Å². The molecule has 174 valence electrons. The van der Waals surface area contributed by atoms with Crippen molar-refractivity contribution in [3.05, 3.63) is 47.0 Å². The molecule has 2 saturated carbocycles. The molecule has 1 heterocycles. The SMILES string of the molecule is C.CS(=O)(=O)Nc1cccc(-c2ccc(Cl)c(C(=O)NCC34CCCC(CCC3)C4)c2)n1. The lowest BCUT2D eigenvalue weighted by atomic mass is 9.62. The van der Waals surface area contributed by atoms with Gasteiger partial charge in [0.25, 0.3) is 5.91 Å². The van der Waals surface area contributed by atoms with Crippen molar-refractivity contribution in [3.8, 4) is 11.3 Å². The summed E-state index contributed by atoms with van der Waals surface area (Å²) in [5.74, 6) is 0.855. The molecule has 2 bridgehead atoms. The van der Waals surface area contributed by atoms with Gasteiger partial charge in [0.05, 0.1) is 22.5 Å². The highest BCUT2D eigenvalue weighted by Crippen LogP contribution is 2.48. The number of nitrogens with one attached hydrogen (secondary N) is 2. The van der Waals surface area contributed by atoms with Crippen LogP contribution in [0.25, 0.3) is 11.3 Å². The third-order valence-corrected chi connectivity index (χ3v) is 7.44. The number of benzene rings is 1. The summed E-state index contributed by atoms with van der Waals surface area (Å²) in [7, 11) is -3.43. The summed E-state index contributed by atoms with van der Waals surface area (Å²) in [5.41, 5.74) is 1.89. The molecular formula is C24H32ClN3O3S. The molecule has 0 atom stereocenters. The van der Waals surface area contributed by atoms with Gasteiger partial charge >= 0.3 is 0 Å². The van der Waals surface area contributed by atoms with Crippen molar-refractivity contribution in [2.75, 3.05) is 17.5 Å². The summed E-state index contributed by atoms with van der Waals surface area (Å²) in [4.78, 5) is 17.3. The molecular weight excluding hydrogens is 446 g/mol. The van der Waals surface area contributed by atoms with E-state index in [0.717, 1.165) is 12.2 Å². The van der Waals surface area contributed by atoms with Crippen LogP contribution in [0.2, 0.25) is 5.02 Å². The monoisotopic (exact) mass is 477 g/mol. The summed E-state index contributed by atoms with van der Waals surface area (Å²) >= 11 is 6.35. The molecule has 0 radical (unpaired) electrons. The van der Waals surface area contributed by atoms with Gasteiger partial charge < -0.3 is 5.32 Å². The van der Waals surface area contributed by atoms with Crippen molar-refractivity contribution >= 4 is 33.3 Å². The Morgan fingerprint density at radius 3 is 2.59 bits per heavy atom. The molecule has 4 rings (SSSR count). The maximum Gasteiger partial charge on any atom is 0.252 e. The molecule has 1 aromatic heterocycles. The Balaban J connectivity index is 0.00000289. The zero-order valence-electron chi connectivity index (χ0n) is 17.7. The van der Waals surface area contributed by atoms with Gasteiger partial charge in [0.2, 0.25) is 10.0 Å². The first-order chi connectivity index (χ1) is 14.7. The molecule has 8 heteroatoms. The fraction of sp³-hybridized carbons (Fsp3) is 0.500. The third-order valence-electron chi connectivity index (χ3n) is 6.53. The lowest BCUT2D eigenvalue weighted by Crippen LogP contribution is -2.43. The maximum atomic E-state index is 13.0. The normalized spacial score (nSPS) is 22.5. The average Bonchev–Trinajstić information content (AvgIpc) is 2.71. The topological polar surface area (TPSA) is 88.2 Å². The van der Waals surface area contributed by atoms with Crippen LogP contribution in [0.4, 0.5) is 5.82 Å². The number of nitrogens with zero attached hydrogens (tertiary/aromatic N) is 1. The molecule has 1 amide bonds. The number of hydrogen-bond donors (Lipinski definition) is 2. The minimum absolute atomic E-state index is 0. The van der Waals surface area contributed by atoms with Crippen LogP contribution < -0.4 is 10.0 Å². The van der Waals surface area contributed by atoms with Crippen molar-refractivity contribution in [1.29, 1.82) is 0 Å². The van der Waals surface area contributed by atoms with Crippen molar-refractivity contribution in [3.63, 3.8) is 0 Å². The van der Waals surface area contributed by atoms with Crippen molar-refractivity contribution in [2.24, 2.45) is 11.3 Å². The van der Waals surface area contributed by atoms with E-state index in [2.05, 4.69) is 15.0 Å². The van der Waals surface area contributed by atoms with E-state index in [9.17, 15) is 13.2 Å². The molecule has 0 unspecified atom stereocenters. The Morgan fingerprint density at radius 1 is 1.19 bits per heavy atom. The maximum absolute atomic E-state index is 13.0. The third kappa shape index (κ3) is 5.81. The van der Waals surface area contributed by atoms with Gasteiger partial charge in [0.15, 0.2) is 0 Å². The highest BCUT2D eigenvalue weighted by atomic mass is 35.5. The Hall–Kier alpha value is -2.12. The highest BCUT2D eigenvalue weighted by Gasteiger charge is 2.39. The molecule has 1 aromatic carbocycles. The van der Waals surface area contributed by atoms with Crippen LogP contribution in [0.1, 0.15) is 62.7 Å². The number of sulfonamides is 1. The fourth-order valence-electron chi connectivity index (χ4n) is 5.13. The lowest BCUT2D eigenvalue weighted by molar-refractivity contribution is 0.0682. The minimum atomic E-state index is -3.43. The summed E-state index contributed by atoms with van der Waals surface area (Å²) in [6, 6.07) is 10.2. The standard InChI is InChI=1S/C23H28ClN3O3S.CH4/c1-31(29,30)27-21-8-2-7-20(26-21)17-9-10-19(24)18(13-17)22(28)25-15-23-11-3-5-16(14-23)6-4-12-23;/h2,7-10,13,16H,3-6,11-12,14-15H2,1H3,(H,25,28)(H,26,27);1H4. The summed E-state index contributed by atoms with van der Waals surface area (Å²) in [5, 5.41) is 3.53. The second kappa shape index (κ2) is 9.79. The number of rotatable bonds is 6. The summed E-state index contributed by atoms with van der Waals surface area (Å²) in [6.45, 7) is 0.689. The number of carbonyl (C=O) groups is 1. The molecule has 2 fully saturated rings. The van der Waals surface area contributed by atoms with Crippen molar-refractivity contribution < 1.29 is 13.2 Å². The zero-order chi connectivity index (χ0) is 22.1. The van der Waals surface area contributed by atoms with E-state index in [1.54, 1.807) is 36.4 Å². The van der Waals surface area contributed by atoms with Crippen molar-refractivity contribution in [2.45, 2.75) is 52.4 Å². The van der Waals surface area contributed by atoms with E-state index < -0.39 is 10.0 Å². The number of halogens is 1. The molecule has 0 spiro atoms. The van der Waals surface area contributed by atoms with Crippen LogP contribution in [0.3, 0.4) is 0 Å². The van der Waals surface area contributed by atoms with Gasteiger partial charge in [-0.1, -0.05) is 56.8 Å². The highest BCUT2D eigenvalue weighted by molar-refractivity contribution is 7.92. The van der Waals surface area contributed by atoms with E-state index >= 15 is 0 Å². The Bertz CT molecular complexity index is 1080. The predicted octanol–water partition coefficient (Wildman–Crippen LogP) is 5.50. The zero-order valence-corrected chi connectivity index (χ0v) is 19.2. The van der Waals surface area contributed by atoms with Crippen LogP contribution >= 0.6 is 11.6 Å². The first-order valence-electron chi connectivity index (χ1n) is 10.8. The second-order valence-corrected chi connectivity index (χ2v) is 11.2. The molecule has 0 aliphatic heterocycles. The van der Waals surface area contributed by atoms with Gasteiger partial charge in [-0.05, 0) is 54.9 Å². The largest absolute Gasteiger partial charge is 0.351 e. The van der Waals surface area contributed by atoms with Crippen LogP contribution in [0.15, 0.2) is 36.4 Å². The van der Waals surface area contributed by atoms with Crippen LogP contribution in [0.5, 0.6) is 0 Å². The number of fused-ring (bicyclic) bond motifs is 2. The molecule has 32 heavy (non-hydrogen) atoms. The number of aromatic nitrogens is 1. The Kier molecular flexibility index (Phi) is 7.50. The van der Waals surface area contributed by atoms with Gasteiger partial charge in [-0.25, -0.2) is 13.4 Å². The molecule has 2 aliphatic rings. The van der Waals surface area contributed by atoms with E-state index in [4.69, 9.17) is 11.6 Å². The predicted molar refractivity (Wildman–Crippen MR) is 130 cm³/mol. The quantitative estimate of drug-likeness (QED) is 0.574. The number of carbonyl (C=O) groups excluding carboxylic acids is 1. The molecule has 2 aliphatic carbocycles. The smallest absolute Gasteiger partial charge is 0.252 e. The Labute approximate surface area is 196 Å². The van der Waals surface area contributed by atoms with Gasteiger partial charge in [-0.2, -0.15) is 0 Å². The number of hydrogen-bond acceptors (Lipinski definition) is 4. The van der Waals surface area contributed by atoms with Crippen LogP contribution in [0, 0.1) is 11.3 Å². The first kappa shape index (κ1) is 24.5. The minimum Gasteiger partial charge on any atom is -0.351 e. The van der Waals surface area contributed by atoms with Crippen molar-refractivity contribution in [1.82, 2.24) is 10.3 Å². The molecule has 0 saturated heterocycles. The van der Waals surface area contributed by atoms with E-state index in [-0.39, 0.29) is 24.6 Å². The number of anilines is 1. The lowest BCUT2D eigenvalue weighted by Gasteiger charge is -2.45. The van der Waals surface area contributed by atoms with E-state index in [0.29, 0.717) is 28.4 Å². The van der Waals surface area contributed by atoms with Gasteiger partial charge in [0.1, 0.15) is 5.82 Å². The Morgan fingerprint density at radius 2 is 1.91 bits per heavy atom. The van der Waals surface area contributed by atoms with Gasteiger partial charge in [0, 0.05) is 12.1 Å². The van der Waals surface area contributed by atoms with E-state index in [1.165, 1.54) is 44.9 Å². The van der Waals surface area contributed by atoms with E-state index in [1.807, 2.05) is 0 Å². The number of amides is 1. The molecule has 2 aromatic rings. The van der Waals surface area contributed by atoms with Crippen LogP contribution in [-0.4, -0.2) is 32.1 Å². The average molecular weight is 478 g/mol. The summed E-state index contributed by atoms with van der Waals surface area (Å²) < 4.78 is 25.4. The van der Waals surface area contributed by atoms with Gasteiger partial charge in [-0.15, -0.1) is 0 Å². The number of pyridine rings is 1. The fourth-order valence-corrected chi connectivity index (χ4v) is 5.83. The summed E-state index contributed by atoms with van der Waals surface area (Å²) in [6.07, 6.45) is 9.80. The van der Waals surface area contributed by atoms with Crippen LogP contribution in [-0.2, 0) is 10.0 Å². The molecule has 2 N–H and O–H groups in total.